The van der Waals surface area contributed by atoms with Gasteiger partial charge in [0.1, 0.15) is 5.76 Å². The minimum Gasteiger partial charge on any atom is -0.490 e. The molecule has 10 heteroatoms. The Labute approximate surface area is 201 Å². The number of rotatable bonds is 16. The van der Waals surface area contributed by atoms with E-state index in [2.05, 4.69) is 16.4 Å². The number of unbranched alkanes of at least 4 members (excludes halogenated alkanes) is 3. The summed E-state index contributed by atoms with van der Waals surface area (Å²) in [5.41, 5.74) is 6.18. The van der Waals surface area contributed by atoms with Crippen molar-refractivity contribution in [1.82, 2.24) is 0 Å². The van der Waals surface area contributed by atoms with E-state index in [4.69, 9.17) is 31.3 Å². The molecular formula is C22H35N2O5PS2. The molecule has 2 unspecified atom stereocenters. The number of thioether (sulfide) groups is 1. The van der Waals surface area contributed by atoms with Crippen LogP contribution in [0, 0.1) is 0 Å². The van der Waals surface area contributed by atoms with Crippen molar-refractivity contribution < 1.29 is 23.3 Å². The highest BCUT2D eigenvalue weighted by molar-refractivity contribution is 8.09. The van der Waals surface area contributed by atoms with Gasteiger partial charge in [0.25, 0.3) is 0 Å². The van der Waals surface area contributed by atoms with Gasteiger partial charge in [-0.05, 0) is 37.7 Å². The third kappa shape index (κ3) is 11.9. The largest absolute Gasteiger partial charge is 0.490 e. The normalized spacial score (nSPS) is 14.6. The van der Waals surface area contributed by atoms with E-state index in [-0.39, 0.29) is 11.1 Å². The molecular weight excluding hydrogens is 467 g/mol. The fourth-order valence-electron chi connectivity index (χ4n) is 2.42. The lowest BCUT2D eigenvalue weighted by molar-refractivity contribution is -0.135. The maximum atomic E-state index is 11.6. The number of benzene rings is 1. The Morgan fingerprint density at radius 3 is 2.59 bits per heavy atom. The highest BCUT2D eigenvalue weighted by atomic mass is 32.5. The van der Waals surface area contributed by atoms with Crippen molar-refractivity contribution in [3.63, 3.8) is 0 Å². The summed E-state index contributed by atoms with van der Waals surface area (Å²) in [4.78, 5) is 11.6. The Morgan fingerprint density at radius 2 is 1.94 bits per heavy atom. The summed E-state index contributed by atoms with van der Waals surface area (Å²) in [5.74, 6) is 1.59. The predicted octanol–water partition coefficient (Wildman–Crippen LogP) is 5.84. The van der Waals surface area contributed by atoms with E-state index >= 15 is 0 Å². The van der Waals surface area contributed by atoms with E-state index in [0.717, 1.165) is 18.6 Å². The molecule has 1 aromatic carbocycles. The van der Waals surface area contributed by atoms with Gasteiger partial charge in [-0.3, -0.25) is 0 Å². The van der Waals surface area contributed by atoms with Crippen molar-refractivity contribution in [3.8, 4) is 11.5 Å². The first kappa shape index (κ1) is 28.5. The molecule has 0 aromatic heterocycles. The van der Waals surface area contributed by atoms with Gasteiger partial charge in [0.05, 0.1) is 25.2 Å². The van der Waals surface area contributed by atoms with E-state index in [0.29, 0.717) is 18.1 Å². The molecule has 0 spiro atoms. The zero-order valence-corrected chi connectivity index (χ0v) is 21.8. The van der Waals surface area contributed by atoms with Gasteiger partial charge in [0, 0.05) is 18.0 Å². The van der Waals surface area contributed by atoms with Gasteiger partial charge < -0.3 is 24.3 Å². The highest BCUT2D eigenvalue weighted by Gasteiger charge is 2.24. The average Bonchev–Trinajstić information content (AvgIpc) is 2.76. The second-order valence-corrected chi connectivity index (χ2v) is 11.1. The molecule has 1 rings (SSSR count). The summed E-state index contributed by atoms with van der Waals surface area (Å²) in [6.07, 6.45) is 8.31. The summed E-state index contributed by atoms with van der Waals surface area (Å²) in [7, 11) is 1.29. The second-order valence-electron chi connectivity index (χ2n) is 6.89. The minimum atomic E-state index is -3.27. The van der Waals surface area contributed by atoms with Crippen molar-refractivity contribution in [2.24, 2.45) is 10.5 Å². The standard InChI is InChI=1S/C22H35N2O5PS2/c1-5-7-8-11-15-32-21(23)17-24-30(31,28-18(3)16-22(25)26-4)29-20-13-10-9-12-19(20)27-14-6-2/h9-10,12-13,16-17,21H,5-8,11,14-15,23H2,1-4H3. The number of esters is 1. The van der Waals surface area contributed by atoms with Crippen LogP contribution in [0.3, 0.4) is 0 Å². The molecule has 1 aromatic rings. The Balaban J connectivity index is 3.00. The minimum absolute atomic E-state index is 0.241. The summed E-state index contributed by atoms with van der Waals surface area (Å²) in [5, 5.41) is -0.345. The number of ether oxygens (including phenoxy) is 2. The first-order valence-corrected chi connectivity index (χ1v) is 14.4. The van der Waals surface area contributed by atoms with Crippen molar-refractivity contribution in [3.05, 3.63) is 36.1 Å². The van der Waals surface area contributed by atoms with Crippen LogP contribution in [-0.4, -0.2) is 37.0 Å². The van der Waals surface area contributed by atoms with Crippen LogP contribution in [0.2, 0.25) is 0 Å². The van der Waals surface area contributed by atoms with E-state index < -0.39 is 12.6 Å². The van der Waals surface area contributed by atoms with Crippen molar-refractivity contribution >= 4 is 42.4 Å². The van der Waals surface area contributed by atoms with E-state index in [1.807, 2.05) is 19.1 Å². The lowest BCUT2D eigenvalue weighted by Crippen LogP contribution is -2.17. The quantitative estimate of drug-likeness (QED) is 0.0573. The molecule has 2 atom stereocenters. The van der Waals surface area contributed by atoms with Crippen LogP contribution in [0.5, 0.6) is 11.5 Å². The van der Waals surface area contributed by atoms with Crippen LogP contribution >= 0.6 is 18.4 Å². The number of nitrogens with zero attached hydrogens (tertiary/aromatic N) is 1. The lowest BCUT2D eigenvalue weighted by atomic mass is 10.2. The Bertz CT molecular complexity index is 804. The molecule has 2 N–H and O–H groups in total. The second kappa shape index (κ2) is 16.1. The third-order valence-electron chi connectivity index (χ3n) is 3.97. The van der Waals surface area contributed by atoms with Crippen LogP contribution in [0.15, 0.2) is 40.9 Å². The van der Waals surface area contributed by atoms with Crippen molar-refractivity contribution in [1.29, 1.82) is 0 Å². The average molecular weight is 503 g/mol. The number of para-hydroxylation sites is 2. The summed E-state index contributed by atoms with van der Waals surface area (Å²) in [6, 6.07) is 7.20. The third-order valence-corrected chi connectivity index (χ3v) is 7.09. The predicted molar refractivity (Wildman–Crippen MR) is 137 cm³/mol. The number of carbonyl (C=O) groups excluding carboxylic acids is 1. The molecule has 32 heavy (non-hydrogen) atoms. The summed E-state index contributed by atoms with van der Waals surface area (Å²) < 4.78 is 26.7. The first-order chi connectivity index (χ1) is 15.3. The number of nitrogens with two attached hydrogens (primary N) is 1. The van der Waals surface area contributed by atoms with Crippen molar-refractivity contribution in [2.45, 2.75) is 58.2 Å². The maximum Gasteiger partial charge on any atom is 0.413 e. The molecule has 0 fully saturated rings. The molecule has 0 radical (unpaired) electrons. The number of methoxy groups -OCH3 is 1. The van der Waals surface area contributed by atoms with Crippen LogP contribution in [0.4, 0.5) is 0 Å². The van der Waals surface area contributed by atoms with E-state index in [1.54, 1.807) is 37.0 Å². The van der Waals surface area contributed by atoms with Gasteiger partial charge >= 0.3 is 12.6 Å². The number of carbonyl (C=O) groups is 1. The van der Waals surface area contributed by atoms with Crippen molar-refractivity contribution in [2.75, 3.05) is 19.5 Å². The van der Waals surface area contributed by atoms with Gasteiger partial charge in [-0.2, -0.15) is 4.76 Å². The van der Waals surface area contributed by atoms with E-state index in [1.165, 1.54) is 32.4 Å². The van der Waals surface area contributed by atoms with Crippen LogP contribution in [0.1, 0.15) is 52.9 Å². The molecule has 180 valence electrons. The number of allylic oxidation sites excluding steroid dienone is 1. The molecule has 0 bridgehead atoms. The zero-order chi connectivity index (χ0) is 23.8. The highest BCUT2D eigenvalue weighted by Crippen LogP contribution is 2.53. The number of hydrogen-bond donors (Lipinski definition) is 1. The molecule has 0 aliphatic carbocycles. The van der Waals surface area contributed by atoms with Gasteiger partial charge in [0.15, 0.2) is 11.5 Å². The smallest absolute Gasteiger partial charge is 0.413 e. The topological polar surface area (TPSA) is 92.4 Å². The lowest BCUT2D eigenvalue weighted by Gasteiger charge is -2.21. The molecule has 0 saturated carbocycles. The van der Waals surface area contributed by atoms with Gasteiger partial charge in [-0.25, -0.2) is 4.79 Å². The zero-order valence-electron chi connectivity index (χ0n) is 19.3. The number of hydrogen-bond acceptors (Lipinski definition) is 8. The van der Waals surface area contributed by atoms with E-state index in [9.17, 15) is 4.79 Å². The molecule has 7 nitrogen and oxygen atoms in total. The Morgan fingerprint density at radius 1 is 1.22 bits per heavy atom. The fraction of sp³-hybridized carbons (Fsp3) is 0.545. The van der Waals surface area contributed by atoms with Gasteiger partial charge in [0.2, 0.25) is 0 Å². The Kier molecular flexibility index (Phi) is 14.4. The summed E-state index contributed by atoms with van der Waals surface area (Å²) in [6.45, 7) is 3.06. The van der Waals surface area contributed by atoms with Gasteiger partial charge in [-0.1, -0.05) is 45.2 Å². The van der Waals surface area contributed by atoms with Crippen LogP contribution in [-0.2, 0) is 25.9 Å². The fourth-order valence-corrected chi connectivity index (χ4v) is 5.31. The van der Waals surface area contributed by atoms with Gasteiger partial charge in [-0.15, -0.1) is 11.8 Å². The Hall–Kier alpha value is -1.54. The molecule has 0 aliphatic rings. The summed E-state index contributed by atoms with van der Waals surface area (Å²) >= 11 is 7.26. The SMILES string of the molecule is CCCCCCSC(N)C=NP(=S)(OC(C)=CC(=O)OC)Oc1ccccc1OCCC. The molecule has 0 aliphatic heterocycles. The molecule has 0 saturated heterocycles. The maximum absolute atomic E-state index is 11.6. The monoisotopic (exact) mass is 502 g/mol. The molecule has 0 amide bonds. The molecule has 0 heterocycles. The first-order valence-electron chi connectivity index (χ1n) is 10.7. The van der Waals surface area contributed by atoms with Crippen LogP contribution < -0.4 is 15.0 Å². The van der Waals surface area contributed by atoms with Crippen LogP contribution in [0.25, 0.3) is 0 Å².